The minimum absolute atomic E-state index is 0.0235. The van der Waals surface area contributed by atoms with Crippen LogP contribution in [0.25, 0.3) is 0 Å². The van der Waals surface area contributed by atoms with Crippen molar-refractivity contribution in [3.63, 3.8) is 0 Å². The van der Waals surface area contributed by atoms with E-state index in [1.165, 1.54) is 25.0 Å². The molecule has 0 aliphatic heterocycles. The van der Waals surface area contributed by atoms with Crippen LogP contribution >= 0.6 is 0 Å². The van der Waals surface area contributed by atoms with Crippen molar-refractivity contribution >= 4 is 18.2 Å². The molecular formula is C25H38O5. The summed E-state index contributed by atoms with van der Waals surface area (Å²) < 4.78 is 11.0. The Morgan fingerprint density at radius 2 is 1.90 bits per heavy atom. The minimum Gasteiger partial charge on any atom is -0.463 e. The van der Waals surface area contributed by atoms with Gasteiger partial charge in [-0.15, -0.1) is 0 Å². The number of allylic oxidation sites excluding steroid dienone is 1. The highest BCUT2D eigenvalue weighted by Gasteiger charge is 2.52. The van der Waals surface area contributed by atoms with Crippen LogP contribution < -0.4 is 0 Å². The molecule has 0 spiro atoms. The summed E-state index contributed by atoms with van der Waals surface area (Å²) in [5, 5.41) is 0. The lowest BCUT2D eigenvalue weighted by molar-refractivity contribution is -0.154. The highest BCUT2D eigenvalue weighted by atomic mass is 16.5. The normalized spacial score (nSPS) is 37.3. The SMILES string of the molecule is CC(=O)OC(C)[C@H]1CCC(C2CC[C@H]3C[C@@H](OC(C)=O)CC[C@]3(C)[C@H]2CC=O)=C1C. The monoisotopic (exact) mass is 418 g/mol. The molecule has 3 aliphatic rings. The summed E-state index contributed by atoms with van der Waals surface area (Å²) >= 11 is 0. The Labute approximate surface area is 181 Å². The van der Waals surface area contributed by atoms with Gasteiger partial charge in [0.2, 0.25) is 0 Å². The van der Waals surface area contributed by atoms with E-state index in [-0.39, 0.29) is 35.5 Å². The Bertz CT molecular complexity index is 710. The van der Waals surface area contributed by atoms with Crippen molar-refractivity contribution in [1.82, 2.24) is 0 Å². The first-order chi connectivity index (χ1) is 14.2. The van der Waals surface area contributed by atoms with E-state index in [4.69, 9.17) is 9.47 Å². The maximum Gasteiger partial charge on any atom is 0.302 e. The van der Waals surface area contributed by atoms with E-state index in [9.17, 15) is 14.4 Å². The molecule has 5 heteroatoms. The molecule has 0 aromatic heterocycles. The topological polar surface area (TPSA) is 69.7 Å². The molecule has 2 fully saturated rings. The zero-order valence-electron chi connectivity index (χ0n) is 19.2. The first kappa shape index (κ1) is 23.0. The Kier molecular flexibility index (Phi) is 7.09. The van der Waals surface area contributed by atoms with Crippen LogP contribution in [0.4, 0.5) is 0 Å². The smallest absolute Gasteiger partial charge is 0.302 e. The molecule has 0 heterocycles. The average molecular weight is 419 g/mol. The summed E-state index contributed by atoms with van der Waals surface area (Å²) in [5.41, 5.74) is 2.99. The molecular weight excluding hydrogens is 380 g/mol. The minimum atomic E-state index is -0.222. The summed E-state index contributed by atoms with van der Waals surface area (Å²) in [6.45, 7) is 9.53. The second kappa shape index (κ2) is 9.23. The van der Waals surface area contributed by atoms with Gasteiger partial charge in [-0.3, -0.25) is 9.59 Å². The second-order valence-corrected chi connectivity index (χ2v) is 10.1. The Hall–Kier alpha value is -1.65. The molecule has 0 saturated heterocycles. The van der Waals surface area contributed by atoms with E-state index in [2.05, 4.69) is 13.8 Å². The van der Waals surface area contributed by atoms with Crippen molar-refractivity contribution in [3.05, 3.63) is 11.1 Å². The molecule has 0 aromatic rings. The van der Waals surface area contributed by atoms with Crippen LogP contribution in [0.1, 0.15) is 86.0 Å². The first-order valence-corrected chi connectivity index (χ1v) is 11.6. The molecule has 0 N–H and O–H groups in total. The number of carbonyl (C=O) groups excluding carboxylic acids is 3. The maximum atomic E-state index is 11.7. The zero-order valence-corrected chi connectivity index (χ0v) is 19.2. The molecule has 168 valence electrons. The van der Waals surface area contributed by atoms with Crippen LogP contribution in [0, 0.1) is 29.1 Å². The second-order valence-electron chi connectivity index (χ2n) is 10.1. The molecule has 5 nitrogen and oxygen atoms in total. The third kappa shape index (κ3) is 4.50. The summed E-state index contributed by atoms with van der Waals surface area (Å²) in [5.74, 6) is 1.12. The Morgan fingerprint density at radius 3 is 2.53 bits per heavy atom. The van der Waals surface area contributed by atoms with Crippen LogP contribution in [0.2, 0.25) is 0 Å². The number of hydrogen-bond donors (Lipinski definition) is 0. The van der Waals surface area contributed by atoms with Crippen molar-refractivity contribution in [2.45, 2.75) is 98.2 Å². The third-order valence-corrected chi connectivity index (χ3v) is 8.48. The van der Waals surface area contributed by atoms with E-state index in [0.717, 1.165) is 51.2 Å². The lowest BCUT2D eigenvalue weighted by atomic mass is 9.50. The van der Waals surface area contributed by atoms with Gasteiger partial charge in [0.1, 0.15) is 18.5 Å². The fourth-order valence-corrected chi connectivity index (χ4v) is 7.03. The van der Waals surface area contributed by atoms with Gasteiger partial charge in [0.25, 0.3) is 0 Å². The molecule has 0 bridgehead atoms. The van der Waals surface area contributed by atoms with E-state index in [1.807, 2.05) is 6.92 Å². The van der Waals surface area contributed by atoms with Crippen LogP contribution in [0.3, 0.4) is 0 Å². The summed E-state index contributed by atoms with van der Waals surface area (Å²) in [4.78, 5) is 34.5. The maximum absolute atomic E-state index is 11.7. The summed E-state index contributed by atoms with van der Waals surface area (Å²) in [6.07, 6.45) is 8.71. The van der Waals surface area contributed by atoms with E-state index in [1.54, 1.807) is 0 Å². The number of aldehydes is 1. The Balaban J connectivity index is 1.82. The van der Waals surface area contributed by atoms with Crippen molar-refractivity contribution in [1.29, 1.82) is 0 Å². The highest BCUT2D eigenvalue weighted by Crippen LogP contribution is 2.59. The number of ether oxygens (including phenoxy) is 2. The van der Waals surface area contributed by atoms with Crippen molar-refractivity contribution in [3.8, 4) is 0 Å². The van der Waals surface area contributed by atoms with Gasteiger partial charge in [-0.1, -0.05) is 18.1 Å². The summed E-state index contributed by atoms with van der Waals surface area (Å²) in [7, 11) is 0. The van der Waals surface area contributed by atoms with Gasteiger partial charge in [0.15, 0.2) is 0 Å². The van der Waals surface area contributed by atoms with Crippen molar-refractivity contribution in [2.75, 3.05) is 0 Å². The van der Waals surface area contributed by atoms with Gasteiger partial charge < -0.3 is 14.3 Å². The number of fused-ring (bicyclic) bond motifs is 1. The number of hydrogen-bond acceptors (Lipinski definition) is 5. The van der Waals surface area contributed by atoms with Gasteiger partial charge in [-0.05, 0) is 82.0 Å². The van der Waals surface area contributed by atoms with Gasteiger partial charge in [-0.2, -0.15) is 0 Å². The lowest BCUT2D eigenvalue weighted by Crippen LogP contribution is -2.49. The number of carbonyl (C=O) groups is 3. The van der Waals surface area contributed by atoms with Crippen molar-refractivity contribution in [2.24, 2.45) is 29.1 Å². The van der Waals surface area contributed by atoms with E-state index >= 15 is 0 Å². The predicted molar refractivity (Wildman–Crippen MR) is 115 cm³/mol. The first-order valence-electron chi connectivity index (χ1n) is 11.6. The molecule has 0 amide bonds. The van der Waals surface area contributed by atoms with Crippen molar-refractivity contribution < 1.29 is 23.9 Å². The van der Waals surface area contributed by atoms with Gasteiger partial charge in [-0.25, -0.2) is 0 Å². The standard InChI is InChI=1S/C25H38O5/c1-15-21(16(2)29-17(3)27)8-9-22(15)23-7-6-19-14-20(30-18(4)28)10-12-25(19,5)24(23)11-13-26/h13,16,19-21,23-24H,6-12,14H2,1-5H3/t16?,19-,20-,21-,23?,24-,25-/m0/s1. The van der Waals surface area contributed by atoms with E-state index < -0.39 is 0 Å². The molecule has 2 unspecified atom stereocenters. The fraction of sp³-hybridized carbons (Fsp3) is 0.800. The molecule has 3 rings (SSSR count). The quantitative estimate of drug-likeness (QED) is 0.344. The number of esters is 2. The lowest BCUT2D eigenvalue weighted by Gasteiger charge is -2.55. The van der Waals surface area contributed by atoms with Gasteiger partial charge in [0, 0.05) is 26.2 Å². The van der Waals surface area contributed by atoms with Gasteiger partial charge >= 0.3 is 11.9 Å². The summed E-state index contributed by atoms with van der Waals surface area (Å²) in [6, 6.07) is 0. The van der Waals surface area contributed by atoms with Crippen LogP contribution in [-0.4, -0.2) is 30.4 Å². The van der Waals surface area contributed by atoms with Crippen LogP contribution in [0.5, 0.6) is 0 Å². The van der Waals surface area contributed by atoms with E-state index in [0.29, 0.717) is 24.2 Å². The molecule has 30 heavy (non-hydrogen) atoms. The van der Waals surface area contributed by atoms with Crippen LogP contribution in [0.15, 0.2) is 11.1 Å². The zero-order chi connectivity index (χ0) is 22.1. The molecule has 3 aliphatic carbocycles. The molecule has 2 saturated carbocycles. The predicted octanol–water partition coefficient (Wildman–Crippen LogP) is 5.02. The number of rotatable bonds is 6. The highest BCUT2D eigenvalue weighted by molar-refractivity contribution is 5.66. The molecule has 0 radical (unpaired) electrons. The average Bonchev–Trinajstić information content (AvgIpc) is 3.03. The van der Waals surface area contributed by atoms with Crippen LogP contribution in [-0.2, 0) is 23.9 Å². The Morgan fingerprint density at radius 1 is 1.17 bits per heavy atom. The molecule has 0 aromatic carbocycles. The van der Waals surface area contributed by atoms with Gasteiger partial charge in [0.05, 0.1) is 0 Å². The largest absolute Gasteiger partial charge is 0.463 e. The third-order valence-electron chi connectivity index (χ3n) is 8.48. The fourth-order valence-electron chi connectivity index (χ4n) is 7.03. The molecule has 7 atom stereocenters.